The van der Waals surface area contributed by atoms with Crippen LogP contribution in [0.4, 0.5) is 4.39 Å². The van der Waals surface area contributed by atoms with E-state index < -0.39 is 17.7 Å². The summed E-state index contributed by atoms with van der Waals surface area (Å²) in [6.07, 6.45) is -0.953. The van der Waals surface area contributed by atoms with E-state index in [0.29, 0.717) is 5.56 Å². The Morgan fingerprint density at radius 3 is 2.50 bits per heavy atom. The van der Waals surface area contributed by atoms with E-state index in [1.807, 2.05) is 0 Å². The molecule has 0 aromatic heterocycles. The summed E-state index contributed by atoms with van der Waals surface area (Å²) >= 11 is 0. The van der Waals surface area contributed by atoms with Crippen molar-refractivity contribution in [2.45, 2.75) is 20.0 Å². The zero-order chi connectivity index (χ0) is 10.9. The van der Waals surface area contributed by atoms with Gasteiger partial charge in [-0.2, -0.15) is 0 Å². The molecule has 0 saturated carbocycles. The van der Waals surface area contributed by atoms with Crippen LogP contribution in [0, 0.1) is 12.7 Å². The normalized spacial score (nSPS) is 12.6. The van der Waals surface area contributed by atoms with Gasteiger partial charge in [-0.25, -0.2) is 4.39 Å². The summed E-state index contributed by atoms with van der Waals surface area (Å²) in [5.74, 6) is -1.28. The van der Waals surface area contributed by atoms with E-state index in [0.717, 1.165) is 0 Å². The summed E-state index contributed by atoms with van der Waals surface area (Å²) in [4.78, 5) is 0. The number of ether oxygens (including phenoxy) is 1. The predicted octanol–water partition coefficient (Wildman–Crippen LogP) is 1.90. The summed E-state index contributed by atoms with van der Waals surface area (Å²) in [5.41, 5.74) is 0.656. The topological polar surface area (TPSA) is 49.7 Å². The molecule has 0 fully saturated rings. The summed E-state index contributed by atoms with van der Waals surface area (Å²) in [6.45, 7) is 3.10. The minimum absolute atomic E-state index is 0.0702. The molecule has 2 N–H and O–H groups in total. The number of phenolic OH excluding ortho intramolecular Hbond substituents is 1. The Labute approximate surface area is 81.8 Å². The van der Waals surface area contributed by atoms with Crippen LogP contribution < -0.4 is 4.74 Å². The van der Waals surface area contributed by atoms with Crippen LogP contribution in [0.15, 0.2) is 6.07 Å². The maximum absolute atomic E-state index is 13.4. The number of aromatic hydroxyl groups is 1. The van der Waals surface area contributed by atoms with Crippen molar-refractivity contribution in [3.63, 3.8) is 0 Å². The van der Waals surface area contributed by atoms with Crippen molar-refractivity contribution in [2.24, 2.45) is 0 Å². The van der Waals surface area contributed by atoms with Crippen LogP contribution in [0.3, 0.4) is 0 Å². The fourth-order valence-corrected chi connectivity index (χ4v) is 1.35. The lowest BCUT2D eigenvalue weighted by Gasteiger charge is -2.13. The molecule has 1 aromatic rings. The third kappa shape index (κ3) is 1.65. The number of phenols is 1. The SMILES string of the molecule is COc1c(C)cc(C(C)O)c(F)c1O. The van der Waals surface area contributed by atoms with Crippen LogP contribution in [0.25, 0.3) is 0 Å². The van der Waals surface area contributed by atoms with Gasteiger partial charge in [-0.15, -0.1) is 0 Å². The van der Waals surface area contributed by atoms with Crippen LogP contribution >= 0.6 is 0 Å². The van der Waals surface area contributed by atoms with Gasteiger partial charge in [0.15, 0.2) is 17.3 Å². The van der Waals surface area contributed by atoms with E-state index in [-0.39, 0.29) is 11.3 Å². The third-order valence-electron chi connectivity index (χ3n) is 2.06. The lowest BCUT2D eigenvalue weighted by atomic mass is 10.1. The molecular weight excluding hydrogens is 187 g/mol. The molecule has 1 unspecified atom stereocenters. The van der Waals surface area contributed by atoms with E-state index in [9.17, 15) is 14.6 Å². The molecule has 0 aliphatic rings. The molecular formula is C10H13FO3. The Balaban J connectivity index is 3.40. The van der Waals surface area contributed by atoms with E-state index >= 15 is 0 Å². The minimum Gasteiger partial charge on any atom is -0.502 e. The average Bonchev–Trinajstić information content (AvgIpc) is 2.12. The molecule has 1 aromatic carbocycles. The molecule has 0 bridgehead atoms. The second-order valence-corrected chi connectivity index (χ2v) is 3.15. The number of halogens is 1. The molecule has 0 amide bonds. The Morgan fingerprint density at radius 1 is 1.50 bits per heavy atom. The highest BCUT2D eigenvalue weighted by Crippen LogP contribution is 2.36. The minimum atomic E-state index is -0.953. The van der Waals surface area contributed by atoms with E-state index in [4.69, 9.17) is 4.74 Å². The zero-order valence-corrected chi connectivity index (χ0v) is 8.34. The number of hydrogen-bond acceptors (Lipinski definition) is 3. The first-order valence-corrected chi connectivity index (χ1v) is 4.23. The van der Waals surface area contributed by atoms with E-state index in [1.165, 1.54) is 20.1 Å². The average molecular weight is 200 g/mol. The van der Waals surface area contributed by atoms with Crippen molar-refractivity contribution < 1.29 is 19.3 Å². The fourth-order valence-electron chi connectivity index (χ4n) is 1.35. The van der Waals surface area contributed by atoms with Crippen molar-refractivity contribution in [3.05, 3.63) is 23.0 Å². The molecule has 0 radical (unpaired) electrons. The lowest BCUT2D eigenvalue weighted by molar-refractivity contribution is 0.192. The van der Waals surface area contributed by atoms with Crippen molar-refractivity contribution in [1.29, 1.82) is 0 Å². The van der Waals surface area contributed by atoms with Gasteiger partial charge in [-0.3, -0.25) is 0 Å². The number of aliphatic hydroxyl groups excluding tert-OH is 1. The molecule has 78 valence electrons. The fraction of sp³-hybridized carbons (Fsp3) is 0.400. The summed E-state index contributed by atoms with van der Waals surface area (Å²) in [5, 5.41) is 18.6. The lowest BCUT2D eigenvalue weighted by Crippen LogP contribution is -1.99. The summed E-state index contributed by atoms with van der Waals surface area (Å²) < 4.78 is 18.2. The Bertz CT molecular complexity index is 348. The smallest absolute Gasteiger partial charge is 0.194 e. The standard InChI is InChI=1S/C10H13FO3/c1-5-4-7(6(2)12)8(11)9(13)10(5)14-3/h4,6,12-13H,1-3H3. The number of rotatable bonds is 2. The molecule has 14 heavy (non-hydrogen) atoms. The molecule has 0 heterocycles. The van der Waals surface area contributed by atoms with Gasteiger partial charge in [0.25, 0.3) is 0 Å². The van der Waals surface area contributed by atoms with Crippen LogP contribution in [-0.4, -0.2) is 17.3 Å². The van der Waals surface area contributed by atoms with Gasteiger partial charge in [-0.1, -0.05) is 0 Å². The Morgan fingerprint density at radius 2 is 2.07 bits per heavy atom. The second kappa shape index (κ2) is 3.84. The Hall–Kier alpha value is -1.29. The first-order chi connectivity index (χ1) is 6.49. The molecule has 0 aliphatic carbocycles. The summed E-state index contributed by atoms with van der Waals surface area (Å²) in [6, 6.07) is 1.46. The van der Waals surface area contributed by atoms with Gasteiger partial charge in [-0.05, 0) is 25.5 Å². The maximum Gasteiger partial charge on any atom is 0.194 e. The van der Waals surface area contributed by atoms with E-state index in [1.54, 1.807) is 6.92 Å². The molecule has 4 heteroatoms. The van der Waals surface area contributed by atoms with Gasteiger partial charge in [0.2, 0.25) is 0 Å². The van der Waals surface area contributed by atoms with E-state index in [2.05, 4.69) is 0 Å². The number of benzene rings is 1. The first kappa shape index (κ1) is 10.8. The predicted molar refractivity (Wildman–Crippen MR) is 50.0 cm³/mol. The van der Waals surface area contributed by atoms with Crippen LogP contribution in [0.5, 0.6) is 11.5 Å². The van der Waals surface area contributed by atoms with Gasteiger partial charge in [0.1, 0.15) is 0 Å². The highest BCUT2D eigenvalue weighted by Gasteiger charge is 2.18. The van der Waals surface area contributed by atoms with Crippen molar-refractivity contribution in [1.82, 2.24) is 0 Å². The summed E-state index contributed by atoms with van der Waals surface area (Å²) in [7, 11) is 1.35. The molecule has 3 nitrogen and oxygen atoms in total. The number of hydrogen-bond donors (Lipinski definition) is 2. The molecule has 0 saturated heterocycles. The van der Waals surface area contributed by atoms with Gasteiger partial charge in [0, 0.05) is 5.56 Å². The quantitative estimate of drug-likeness (QED) is 0.766. The van der Waals surface area contributed by atoms with Crippen LogP contribution in [0.2, 0.25) is 0 Å². The highest BCUT2D eigenvalue weighted by molar-refractivity contribution is 5.49. The monoisotopic (exact) mass is 200 g/mol. The molecule has 1 rings (SSSR count). The highest BCUT2D eigenvalue weighted by atomic mass is 19.1. The zero-order valence-electron chi connectivity index (χ0n) is 8.34. The second-order valence-electron chi connectivity index (χ2n) is 3.15. The van der Waals surface area contributed by atoms with Crippen molar-refractivity contribution in [2.75, 3.05) is 7.11 Å². The van der Waals surface area contributed by atoms with Gasteiger partial charge >= 0.3 is 0 Å². The van der Waals surface area contributed by atoms with Gasteiger partial charge < -0.3 is 14.9 Å². The maximum atomic E-state index is 13.4. The first-order valence-electron chi connectivity index (χ1n) is 4.23. The number of aliphatic hydroxyl groups is 1. The van der Waals surface area contributed by atoms with Crippen LogP contribution in [-0.2, 0) is 0 Å². The molecule has 0 spiro atoms. The number of aryl methyl sites for hydroxylation is 1. The largest absolute Gasteiger partial charge is 0.502 e. The third-order valence-corrected chi connectivity index (χ3v) is 2.06. The Kier molecular flexibility index (Phi) is 2.96. The van der Waals surface area contributed by atoms with Crippen LogP contribution in [0.1, 0.15) is 24.2 Å². The number of methoxy groups -OCH3 is 1. The molecule has 1 atom stereocenters. The molecule has 0 aliphatic heterocycles. The van der Waals surface area contributed by atoms with Crippen molar-refractivity contribution >= 4 is 0 Å². The van der Waals surface area contributed by atoms with Gasteiger partial charge in [0.05, 0.1) is 13.2 Å². The van der Waals surface area contributed by atoms with Crippen molar-refractivity contribution in [3.8, 4) is 11.5 Å².